The van der Waals surface area contributed by atoms with Gasteiger partial charge in [0.2, 0.25) is 11.9 Å². The Morgan fingerprint density at radius 3 is 2.76 bits per heavy atom. The molecule has 2 aliphatic heterocycles. The largest absolute Gasteiger partial charge is 0.372 e. The van der Waals surface area contributed by atoms with Gasteiger partial charge in [-0.05, 0) is 68.8 Å². The zero-order chi connectivity index (χ0) is 25.6. The van der Waals surface area contributed by atoms with Gasteiger partial charge in [-0.15, -0.1) is 0 Å². The van der Waals surface area contributed by atoms with Gasteiger partial charge < -0.3 is 30.1 Å². The van der Waals surface area contributed by atoms with Crippen LogP contribution < -0.4 is 15.5 Å². The van der Waals surface area contributed by atoms with Crippen LogP contribution in [0.25, 0.3) is 0 Å². The van der Waals surface area contributed by atoms with Crippen LogP contribution in [0, 0.1) is 0 Å². The molecule has 1 saturated carbocycles. The number of nitrogens with zero attached hydrogens (tertiary/aromatic N) is 5. The summed E-state index contributed by atoms with van der Waals surface area (Å²) in [5, 5.41) is 7.03. The summed E-state index contributed by atoms with van der Waals surface area (Å²) in [6.45, 7) is 9.67. The summed E-state index contributed by atoms with van der Waals surface area (Å²) in [6, 6.07) is 6.68. The standard InChI is InChI=1S/C28H41N7O2/c1-3-21-18-23(34-15-13-33(2)14-16-34)8-9-25(21)31-28-30-19-24(22-6-7-22)27(32-28)29-10-4-11-35-12-5-17-37-20-26(35)36/h8-9,18-19,22H,3-7,10-17,20H2,1-2H3,(H2,29,30,31,32). The molecule has 9 heteroatoms. The number of amides is 1. The first-order valence-electron chi connectivity index (χ1n) is 13.9. The fourth-order valence-corrected chi connectivity index (χ4v) is 5.11. The van der Waals surface area contributed by atoms with Crippen LogP contribution in [-0.2, 0) is 16.0 Å². The lowest BCUT2D eigenvalue weighted by Crippen LogP contribution is -2.44. The Balaban J connectivity index is 1.23. The van der Waals surface area contributed by atoms with Crippen molar-refractivity contribution in [2.24, 2.45) is 0 Å². The van der Waals surface area contributed by atoms with E-state index in [9.17, 15) is 4.79 Å². The van der Waals surface area contributed by atoms with Gasteiger partial charge in [0.05, 0.1) is 0 Å². The van der Waals surface area contributed by atoms with Gasteiger partial charge in [-0.3, -0.25) is 4.79 Å². The minimum atomic E-state index is 0.0926. The molecule has 1 aliphatic carbocycles. The molecule has 0 bridgehead atoms. The lowest BCUT2D eigenvalue weighted by Gasteiger charge is -2.34. The van der Waals surface area contributed by atoms with Crippen molar-refractivity contribution in [3.63, 3.8) is 0 Å². The van der Waals surface area contributed by atoms with Gasteiger partial charge in [-0.25, -0.2) is 4.98 Å². The molecule has 5 rings (SSSR count). The molecule has 200 valence electrons. The Bertz CT molecular complexity index is 1070. The highest BCUT2D eigenvalue weighted by Crippen LogP contribution is 2.43. The molecule has 1 aromatic heterocycles. The minimum absolute atomic E-state index is 0.0926. The second-order valence-corrected chi connectivity index (χ2v) is 10.4. The molecule has 3 aliphatic rings. The molecule has 0 spiro atoms. The number of rotatable bonds is 10. The monoisotopic (exact) mass is 507 g/mol. The van der Waals surface area contributed by atoms with Crippen molar-refractivity contribution >= 4 is 29.0 Å². The van der Waals surface area contributed by atoms with E-state index < -0.39 is 0 Å². The summed E-state index contributed by atoms with van der Waals surface area (Å²) in [5.41, 5.74) is 4.82. The van der Waals surface area contributed by atoms with Crippen molar-refractivity contribution < 1.29 is 9.53 Å². The molecular weight excluding hydrogens is 466 g/mol. The number of likely N-dealkylation sites (N-methyl/N-ethyl adjacent to an activating group) is 1. The van der Waals surface area contributed by atoms with Crippen molar-refractivity contribution in [1.29, 1.82) is 0 Å². The quantitative estimate of drug-likeness (QED) is 0.473. The van der Waals surface area contributed by atoms with Crippen LogP contribution in [0.3, 0.4) is 0 Å². The van der Waals surface area contributed by atoms with Crippen LogP contribution in [0.15, 0.2) is 24.4 Å². The molecule has 2 aromatic rings. The molecule has 1 amide bonds. The van der Waals surface area contributed by atoms with E-state index in [1.165, 1.54) is 29.7 Å². The first-order chi connectivity index (χ1) is 18.1. The Morgan fingerprint density at radius 1 is 1.14 bits per heavy atom. The summed E-state index contributed by atoms with van der Waals surface area (Å²) in [6.07, 6.45) is 7.09. The van der Waals surface area contributed by atoms with Gasteiger partial charge in [0.25, 0.3) is 0 Å². The van der Waals surface area contributed by atoms with Gasteiger partial charge >= 0.3 is 0 Å². The van der Waals surface area contributed by atoms with Gasteiger partial charge in [0, 0.05) is 75.6 Å². The number of nitrogens with one attached hydrogen (secondary N) is 2. The maximum atomic E-state index is 12.2. The number of aromatic nitrogens is 2. The van der Waals surface area contributed by atoms with Crippen molar-refractivity contribution in [3.8, 4) is 0 Å². The normalized spacial score (nSPS) is 19.1. The highest BCUT2D eigenvalue weighted by molar-refractivity contribution is 5.77. The first kappa shape index (κ1) is 25.7. The highest BCUT2D eigenvalue weighted by Gasteiger charge is 2.28. The van der Waals surface area contributed by atoms with E-state index >= 15 is 0 Å². The summed E-state index contributed by atoms with van der Waals surface area (Å²) in [5.74, 6) is 2.18. The number of carbonyl (C=O) groups is 1. The molecule has 0 unspecified atom stereocenters. The maximum Gasteiger partial charge on any atom is 0.248 e. The smallest absolute Gasteiger partial charge is 0.248 e. The predicted octanol–water partition coefficient (Wildman–Crippen LogP) is 3.46. The average Bonchev–Trinajstić information content (AvgIpc) is 3.77. The van der Waals surface area contributed by atoms with E-state index in [0.29, 0.717) is 18.5 Å². The second-order valence-electron chi connectivity index (χ2n) is 10.4. The van der Waals surface area contributed by atoms with E-state index in [0.717, 1.165) is 76.6 Å². The molecule has 1 aromatic carbocycles. The van der Waals surface area contributed by atoms with Crippen molar-refractivity contribution in [2.75, 3.05) is 81.6 Å². The molecule has 3 fully saturated rings. The number of hydrogen-bond donors (Lipinski definition) is 2. The Kier molecular flexibility index (Phi) is 8.41. The molecule has 2 saturated heterocycles. The van der Waals surface area contributed by atoms with E-state index in [1.54, 1.807) is 0 Å². The number of aryl methyl sites for hydroxylation is 1. The Morgan fingerprint density at radius 2 is 1.97 bits per heavy atom. The van der Waals surface area contributed by atoms with Crippen molar-refractivity contribution in [3.05, 3.63) is 35.5 Å². The summed E-state index contributed by atoms with van der Waals surface area (Å²) < 4.78 is 5.35. The number of anilines is 4. The van der Waals surface area contributed by atoms with Crippen LogP contribution in [0.4, 0.5) is 23.1 Å². The molecule has 9 nitrogen and oxygen atoms in total. The average molecular weight is 508 g/mol. The van der Waals surface area contributed by atoms with Gasteiger partial charge in [-0.1, -0.05) is 6.92 Å². The summed E-state index contributed by atoms with van der Waals surface area (Å²) >= 11 is 0. The van der Waals surface area contributed by atoms with Crippen LogP contribution >= 0.6 is 0 Å². The number of carbonyl (C=O) groups excluding carboxylic acids is 1. The molecular formula is C28H41N7O2. The lowest BCUT2D eigenvalue weighted by atomic mass is 10.1. The molecule has 0 atom stereocenters. The fraction of sp³-hybridized carbons (Fsp3) is 0.607. The topological polar surface area (TPSA) is 85.9 Å². The minimum Gasteiger partial charge on any atom is -0.372 e. The predicted molar refractivity (Wildman–Crippen MR) is 148 cm³/mol. The van der Waals surface area contributed by atoms with Crippen LogP contribution in [-0.4, -0.2) is 91.7 Å². The Hall–Kier alpha value is -2.91. The second kappa shape index (κ2) is 12.1. The number of hydrogen-bond acceptors (Lipinski definition) is 8. The van der Waals surface area contributed by atoms with E-state index in [1.807, 2.05) is 11.1 Å². The molecule has 37 heavy (non-hydrogen) atoms. The van der Waals surface area contributed by atoms with Crippen molar-refractivity contribution in [1.82, 2.24) is 19.8 Å². The number of benzene rings is 1. The maximum absolute atomic E-state index is 12.2. The van der Waals surface area contributed by atoms with Crippen LogP contribution in [0.5, 0.6) is 0 Å². The Labute approximate surface area is 220 Å². The lowest BCUT2D eigenvalue weighted by molar-refractivity contribution is -0.133. The van der Waals surface area contributed by atoms with E-state index in [2.05, 4.69) is 57.6 Å². The number of piperazine rings is 1. The van der Waals surface area contributed by atoms with E-state index in [-0.39, 0.29) is 12.5 Å². The third-order valence-corrected chi connectivity index (χ3v) is 7.61. The van der Waals surface area contributed by atoms with Gasteiger partial charge in [0.15, 0.2) is 0 Å². The van der Waals surface area contributed by atoms with Gasteiger partial charge in [-0.2, -0.15) is 4.98 Å². The third-order valence-electron chi connectivity index (χ3n) is 7.61. The zero-order valence-electron chi connectivity index (χ0n) is 22.3. The van der Waals surface area contributed by atoms with Gasteiger partial charge in [0.1, 0.15) is 12.4 Å². The fourth-order valence-electron chi connectivity index (χ4n) is 5.11. The molecule has 2 N–H and O–H groups in total. The SMILES string of the molecule is CCc1cc(N2CCN(C)CC2)ccc1Nc1ncc(C2CC2)c(NCCCN2CCCOCC2=O)n1. The van der Waals surface area contributed by atoms with Crippen molar-refractivity contribution in [2.45, 2.75) is 44.9 Å². The summed E-state index contributed by atoms with van der Waals surface area (Å²) in [4.78, 5) is 28.5. The third kappa shape index (κ3) is 6.70. The molecule has 3 heterocycles. The van der Waals surface area contributed by atoms with E-state index in [4.69, 9.17) is 9.72 Å². The molecule has 0 radical (unpaired) electrons. The van der Waals surface area contributed by atoms with Crippen LogP contribution in [0.1, 0.15) is 49.7 Å². The summed E-state index contributed by atoms with van der Waals surface area (Å²) in [7, 11) is 2.19. The highest BCUT2D eigenvalue weighted by atomic mass is 16.5. The number of ether oxygens (including phenoxy) is 1. The van der Waals surface area contributed by atoms with Crippen LogP contribution in [0.2, 0.25) is 0 Å². The first-order valence-corrected chi connectivity index (χ1v) is 13.9. The zero-order valence-corrected chi connectivity index (χ0v) is 22.3.